The third-order valence-corrected chi connectivity index (χ3v) is 3.36. The second kappa shape index (κ2) is 7.02. The van der Waals surface area contributed by atoms with Crippen molar-refractivity contribution in [3.05, 3.63) is 53.6 Å². The van der Waals surface area contributed by atoms with Crippen LogP contribution in [0.2, 0.25) is 0 Å². The van der Waals surface area contributed by atoms with Crippen LogP contribution in [0.1, 0.15) is 18.1 Å². The molecule has 0 aliphatic heterocycles. The van der Waals surface area contributed by atoms with Crippen LogP contribution >= 0.6 is 0 Å². The first-order valence-corrected chi connectivity index (χ1v) is 7.20. The number of ether oxygens (including phenoxy) is 2. The predicted molar refractivity (Wildman–Crippen MR) is 87.5 cm³/mol. The van der Waals surface area contributed by atoms with E-state index in [-0.39, 0.29) is 6.10 Å². The molecule has 0 spiro atoms. The molecule has 0 bridgehead atoms. The van der Waals surface area contributed by atoms with E-state index in [0.717, 1.165) is 29.3 Å². The molecule has 3 nitrogen and oxygen atoms in total. The van der Waals surface area contributed by atoms with Crippen LogP contribution in [0, 0.1) is 13.8 Å². The Labute approximate surface area is 126 Å². The molecule has 2 aromatic rings. The van der Waals surface area contributed by atoms with Crippen molar-refractivity contribution in [3.8, 4) is 11.5 Å². The lowest BCUT2D eigenvalue weighted by Gasteiger charge is -2.18. The van der Waals surface area contributed by atoms with Gasteiger partial charge in [-0.05, 0) is 62.2 Å². The summed E-state index contributed by atoms with van der Waals surface area (Å²) in [5, 5.41) is 3.37. The van der Waals surface area contributed by atoms with E-state index in [1.54, 1.807) is 7.11 Å². The average Bonchev–Trinajstić information content (AvgIpc) is 2.49. The molecule has 0 aliphatic carbocycles. The molecule has 0 saturated heterocycles. The van der Waals surface area contributed by atoms with E-state index < -0.39 is 0 Å². The Hall–Kier alpha value is -2.16. The number of anilines is 1. The van der Waals surface area contributed by atoms with Crippen molar-refractivity contribution in [3.63, 3.8) is 0 Å². The number of methoxy groups -OCH3 is 1. The SMILES string of the molecule is COc1ccc(NCC(C)Oc2cc(C)ccc2C)cc1. The molecule has 112 valence electrons. The molecular formula is C18H23NO2. The Morgan fingerprint density at radius 2 is 1.76 bits per heavy atom. The Bertz CT molecular complexity index is 578. The van der Waals surface area contributed by atoms with Crippen LogP contribution in [-0.4, -0.2) is 19.8 Å². The highest BCUT2D eigenvalue weighted by Gasteiger charge is 2.06. The second-order valence-electron chi connectivity index (χ2n) is 5.31. The number of aryl methyl sites for hydroxylation is 2. The fourth-order valence-corrected chi connectivity index (χ4v) is 2.06. The van der Waals surface area contributed by atoms with E-state index in [1.807, 2.05) is 24.3 Å². The molecule has 3 heteroatoms. The number of hydrogen-bond acceptors (Lipinski definition) is 3. The van der Waals surface area contributed by atoms with Gasteiger partial charge in [0.2, 0.25) is 0 Å². The maximum Gasteiger partial charge on any atom is 0.122 e. The summed E-state index contributed by atoms with van der Waals surface area (Å²) >= 11 is 0. The van der Waals surface area contributed by atoms with Gasteiger partial charge >= 0.3 is 0 Å². The first kappa shape index (κ1) is 15.2. The number of benzene rings is 2. The average molecular weight is 285 g/mol. The summed E-state index contributed by atoms with van der Waals surface area (Å²) in [4.78, 5) is 0. The lowest BCUT2D eigenvalue weighted by Crippen LogP contribution is -2.23. The van der Waals surface area contributed by atoms with Gasteiger partial charge in [0.1, 0.15) is 17.6 Å². The highest BCUT2D eigenvalue weighted by atomic mass is 16.5. The summed E-state index contributed by atoms with van der Waals surface area (Å²) in [5.74, 6) is 1.82. The Balaban J connectivity index is 1.89. The van der Waals surface area contributed by atoms with Gasteiger partial charge in [-0.1, -0.05) is 12.1 Å². The Morgan fingerprint density at radius 1 is 1.05 bits per heavy atom. The Kier molecular flexibility index (Phi) is 5.09. The summed E-state index contributed by atoms with van der Waals surface area (Å²) in [6.07, 6.45) is 0.0904. The Morgan fingerprint density at radius 3 is 2.43 bits per heavy atom. The normalized spacial score (nSPS) is 11.8. The zero-order chi connectivity index (χ0) is 15.2. The summed E-state index contributed by atoms with van der Waals surface area (Å²) in [6.45, 7) is 6.96. The van der Waals surface area contributed by atoms with Crippen molar-refractivity contribution in [1.82, 2.24) is 0 Å². The van der Waals surface area contributed by atoms with Crippen molar-refractivity contribution in [2.24, 2.45) is 0 Å². The minimum absolute atomic E-state index is 0.0904. The van der Waals surface area contributed by atoms with E-state index >= 15 is 0 Å². The fraction of sp³-hybridized carbons (Fsp3) is 0.333. The predicted octanol–water partition coefficient (Wildman–Crippen LogP) is 4.19. The molecule has 0 radical (unpaired) electrons. The molecule has 0 heterocycles. The third kappa shape index (κ3) is 4.42. The summed E-state index contributed by atoms with van der Waals surface area (Å²) in [6, 6.07) is 14.2. The summed E-state index contributed by atoms with van der Waals surface area (Å²) in [7, 11) is 1.67. The maximum atomic E-state index is 6.01. The van der Waals surface area contributed by atoms with Crippen molar-refractivity contribution < 1.29 is 9.47 Å². The van der Waals surface area contributed by atoms with Gasteiger partial charge in [0.05, 0.1) is 13.7 Å². The summed E-state index contributed by atoms with van der Waals surface area (Å²) in [5.41, 5.74) is 3.44. The molecule has 2 aromatic carbocycles. The van der Waals surface area contributed by atoms with E-state index in [0.29, 0.717) is 0 Å². The van der Waals surface area contributed by atoms with Crippen LogP contribution in [0.3, 0.4) is 0 Å². The van der Waals surface area contributed by atoms with Crippen molar-refractivity contribution >= 4 is 5.69 Å². The quantitative estimate of drug-likeness (QED) is 0.863. The van der Waals surface area contributed by atoms with Crippen LogP contribution in [0.15, 0.2) is 42.5 Å². The van der Waals surface area contributed by atoms with E-state index in [2.05, 4.69) is 44.3 Å². The van der Waals surface area contributed by atoms with Gasteiger partial charge in [-0.25, -0.2) is 0 Å². The fourth-order valence-electron chi connectivity index (χ4n) is 2.06. The van der Waals surface area contributed by atoms with Crippen molar-refractivity contribution in [2.45, 2.75) is 26.9 Å². The lowest BCUT2D eigenvalue weighted by atomic mass is 10.1. The molecule has 1 atom stereocenters. The van der Waals surface area contributed by atoms with E-state index in [9.17, 15) is 0 Å². The zero-order valence-electron chi connectivity index (χ0n) is 13.1. The van der Waals surface area contributed by atoms with Gasteiger partial charge in [0.15, 0.2) is 0 Å². The topological polar surface area (TPSA) is 30.5 Å². The van der Waals surface area contributed by atoms with Crippen LogP contribution in [0.4, 0.5) is 5.69 Å². The molecule has 1 N–H and O–H groups in total. The molecule has 1 unspecified atom stereocenters. The molecule has 2 rings (SSSR count). The first-order valence-electron chi connectivity index (χ1n) is 7.20. The monoisotopic (exact) mass is 285 g/mol. The lowest BCUT2D eigenvalue weighted by molar-refractivity contribution is 0.233. The second-order valence-corrected chi connectivity index (χ2v) is 5.31. The molecule has 21 heavy (non-hydrogen) atoms. The van der Waals surface area contributed by atoms with Crippen LogP contribution in [-0.2, 0) is 0 Å². The van der Waals surface area contributed by atoms with Crippen LogP contribution in [0.5, 0.6) is 11.5 Å². The molecular weight excluding hydrogens is 262 g/mol. The minimum Gasteiger partial charge on any atom is -0.497 e. The minimum atomic E-state index is 0.0904. The van der Waals surface area contributed by atoms with Gasteiger partial charge in [0.25, 0.3) is 0 Å². The largest absolute Gasteiger partial charge is 0.497 e. The van der Waals surface area contributed by atoms with E-state index in [1.165, 1.54) is 5.56 Å². The van der Waals surface area contributed by atoms with Gasteiger partial charge in [-0.15, -0.1) is 0 Å². The maximum absolute atomic E-state index is 6.01. The van der Waals surface area contributed by atoms with Gasteiger partial charge in [-0.3, -0.25) is 0 Å². The number of rotatable bonds is 6. The summed E-state index contributed by atoms with van der Waals surface area (Å²) < 4.78 is 11.2. The van der Waals surface area contributed by atoms with Crippen molar-refractivity contribution in [1.29, 1.82) is 0 Å². The highest BCUT2D eigenvalue weighted by Crippen LogP contribution is 2.21. The first-order chi connectivity index (χ1) is 10.1. The smallest absolute Gasteiger partial charge is 0.122 e. The third-order valence-electron chi connectivity index (χ3n) is 3.36. The van der Waals surface area contributed by atoms with Gasteiger partial charge in [0, 0.05) is 5.69 Å². The van der Waals surface area contributed by atoms with Crippen molar-refractivity contribution in [2.75, 3.05) is 19.0 Å². The van der Waals surface area contributed by atoms with Gasteiger partial charge < -0.3 is 14.8 Å². The number of hydrogen-bond donors (Lipinski definition) is 1. The van der Waals surface area contributed by atoms with Gasteiger partial charge in [-0.2, -0.15) is 0 Å². The number of nitrogens with one attached hydrogen (secondary N) is 1. The molecule has 0 aliphatic rings. The van der Waals surface area contributed by atoms with E-state index in [4.69, 9.17) is 9.47 Å². The zero-order valence-corrected chi connectivity index (χ0v) is 13.1. The highest BCUT2D eigenvalue weighted by molar-refractivity contribution is 5.46. The van der Waals surface area contributed by atoms with Crippen LogP contribution in [0.25, 0.3) is 0 Å². The molecule has 0 aromatic heterocycles. The molecule has 0 amide bonds. The molecule has 0 saturated carbocycles. The van der Waals surface area contributed by atoms with Crippen LogP contribution < -0.4 is 14.8 Å². The molecule has 0 fully saturated rings. The standard InChI is InChI=1S/C18H23NO2/c1-13-5-6-14(2)18(11-13)21-15(3)12-19-16-7-9-17(20-4)10-8-16/h5-11,15,19H,12H2,1-4H3.